The Morgan fingerprint density at radius 1 is 1.56 bits per heavy atom. The quantitative estimate of drug-likeness (QED) is 0.785. The van der Waals surface area contributed by atoms with E-state index in [0.717, 1.165) is 0 Å². The van der Waals surface area contributed by atoms with Gasteiger partial charge in [0.05, 0.1) is 6.04 Å². The molecule has 0 aromatic carbocycles. The molecule has 1 N–H and O–H groups in total. The molecule has 0 spiro atoms. The van der Waals surface area contributed by atoms with E-state index in [1.165, 1.54) is 4.90 Å². The normalized spacial score (nSPS) is 25.9. The maximum Gasteiger partial charge on any atom is 0.410 e. The molecule has 0 saturated carbocycles. The Morgan fingerprint density at radius 2 is 2.19 bits per heavy atom. The van der Waals surface area contributed by atoms with Gasteiger partial charge in [-0.3, -0.25) is 0 Å². The van der Waals surface area contributed by atoms with Crippen molar-refractivity contribution < 1.29 is 13.9 Å². The molecule has 1 heterocycles. The van der Waals surface area contributed by atoms with Crippen molar-refractivity contribution in [2.75, 3.05) is 20.3 Å². The largest absolute Gasteiger partial charge is 0.444 e. The predicted octanol–water partition coefficient (Wildman–Crippen LogP) is 1.55. The zero-order chi connectivity index (χ0) is 12.3. The summed E-state index contributed by atoms with van der Waals surface area (Å²) in [6.07, 6.45) is 0.222. The third kappa shape index (κ3) is 3.33. The zero-order valence-corrected chi connectivity index (χ0v) is 10.4. The van der Waals surface area contributed by atoms with E-state index in [1.54, 1.807) is 20.8 Å². The average Bonchev–Trinajstić information content (AvgIpc) is 2.58. The van der Waals surface area contributed by atoms with Crippen LogP contribution in [-0.2, 0) is 4.74 Å². The van der Waals surface area contributed by atoms with Crippen LogP contribution in [0.2, 0.25) is 0 Å². The lowest BCUT2D eigenvalue weighted by molar-refractivity contribution is 0.0205. The van der Waals surface area contributed by atoms with Gasteiger partial charge >= 0.3 is 6.09 Å². The number of ether oxygens (including phenoxy) is 1. The fourth-order valence-electron chi connectivity index (χ4n) is 1.82. The molecule has 1 amide bonds. The van der Waals surface area contributed by atoms with E-state index < -0.39 is 18.4 Å². The topological polar surface area (TPSA) is 41.6 Å². The van der Waals surface area contributed by atoms with Gasteiger partial charge in [0, 0.05) is 12.6 Å². The molecule has 94 valence electrons. The van der Waals surface area contributed by atoms with Crippen molar-refractivity contribution in [3.8, 4) is 0 Å². The van der Waals surface area contributed by atoms with E-state index >= 15 is 0 Å². The van der Waals surface area contributed by atoms with Crippen LogP contribution in [0.4, 0.5) is 9.18 Å². The number of carbonyl (C=O) groups is 1. The molecule has 2 unspecified atom stereocenters. The highest BCUT2D eigenvalue weighted by atomic mass is 19.1. The number of hydrogen-bond acceptors (Lipinski definition) is 3. The van der Waals surface area contributed by atoms with E-state index in [9.17, 15) is 9.18 Å². The second-order valence-corrected chi connectivity index (χ2v) is 5.16. The number of amides is 1. The van der Waals surface area contributed by atoms with E-state index in [-0.39, 0.29) is 12.1 Å². The maximum atomic E-state index is 12.8. The number of nitrogens with one attached hydrogen (secondary N) is 1. The predicted molar refractivity (Wildman–Crippen MR) is 60.2 cm³/mol. The molecule has 0 aromatic rings. The molecule has 1 fully saturated rings. The molecular formula is C11H21FN2O2. The standard InChI is InChI=1S/C11H21FN2O2/c1-11(2,3)16-10(15)14-7-8(13-4)5-9(14)6-12/h8-9,13H,5-7H2,1-4H3. The molecule has 4 nitrogen and oxygen atoms in total. The number of likely N-dealkylation sites (N-methyl/N-ethyl adjacent to an activating group) is 1. The van der Waals surface area contributed by atoms with Crippen LogP contribution in [-0.4, -0.2) is 48.9 Å². The maximum absolute atomic E-state index is 12.8. The number of carbonyl (C=O) groups excluding carboxylic acids is 1. The Balaban J connectivity index is 2.61. The summed E-state index contributed by atoms with van der Waals surface area (Å²) in [6.45, 7) is 5.42. The summed E-state index contributed by atoms with van der Waals surface area (Å²) in [5.41, 5.74) is -0.532. The summed E-state index contributed by atoms with van der Waals surface area (Å²) in [5, 5.41) is 3.06. The third-order valence-electron chi connectivity index (χ3n) is 2.63. The van der Waals surface area contributed by atoms with Gasteiger partial charge in [-0.2, -0.15) is 0 Å². The number of alkyl halides is 1. The molecule has 0 bridgehead atoms. The number of hydrogen-bond donors (Lipinski definition) is 1. The van der Waals surface area contributed by atoms with E-state index in [4.69, 9.17) is 4.74 Å². The van der Waals surface area contributed by atoms with Crippen LogP contribution in [0.3, 0.4) is 0 Å². The van der Waals surface area contributed by atoms with Crippen LogP contribution < -0.4 is 5.32 Å². The van der Waals surface area contributed by atoms with Crippen LogP contribution in [0.25, 0.3) is 0 Å². The van der Waals surface area contributed by atoms with Gasteiger partial charge in [0.1, 0.15) is 12.3 Å². The first kappa shape index (κ1) is 13.2. The van der Waals surface area contributed by atoms with Gasteiger partial charge in [-0.25, -0.2) is 9.18 Å². The summed E-state index contributed by atoms with van der Waals surface area (Å²) in [6, 6.07) is -0.194. The van der Waals surface area contributed by atoms with Gasteiger partial charge in [0.25, 0.3) is 0 Å². The van der Waals surface area contributed by atoms with Crippen LogP contribution >= 0.6 is 0 Å². The van der Waals surface area contributed by atoms with Crippen molar-refractivity contribution in [3.63, 3.8) is 0 Å². The highest BCUT2D eigenvalue weighted by Crippen LogP contribution is 2.21. The minimum Gasteiger partial charge on any atom is -0.444 e. The molecule has 0 aliphatic carbocycles. The first-order valence-electron chi connectivity index (χ1n) is 5.60. The average molecular weight is 232 g/mol. The fourth-order valence-corrected chi connectivity index (χ4v) is 1.82. The molecule has 2 atom stereocenters. The van der Waals surface area contributed by atoms with Gasteiger partial charge in [0.15, 0.2) is 0 Å². The highest BCUT2D eigenvalue weighted by molar-refractivity contribution is 5.69. The van der Waals surface area contributed by atoms with E-state index in [0.29, 0.717) is 13.0 Å². The van der Waals surface area contributed by atoms with Gasteiger partial charge in [0.2, 0.25) is 0 Å². The molecule has 1 rings (SSSR count). The van der Waals surface area contributed by atoms with Crippen molar-refractivity contribution in [2.45, 2.75) is 44.9 Å². The molecule has 0 radical (unpaired) electrons. The molecule has 16 heavy (non-hydrogen) atoms. The lowest BCUT2D eigenvalue weighted by Crippen LogP contribution is -2.41. The van der Waals surface area contributed by atoms with Crippen LogP contribution in [0.15, 0.2) is 0 Å². The number of halogens is 1. The summed E-state index contributed by atoms with van der Waals surface area (Å²) < 4.78 is 18.0. The monoisotopic (exact) mass is 232 g/mol. The number of rotatable bonds is 2. The second-order valence-electron chi connectivity index (χ2n) is 5.16. The van der Waals surface area contributed by atoms with Crippen molar-refractivity contribution in [3.05, 3.63) is 0 Å². The highest BCUT2D eigenvalue weighted by Gasteiger charge is 2.36. The third-order valence-corrected chi connectivity index (χ3v) is 2.63. The second kappa shape index (κ2) is 4.99. The van der Waals surface area contributed by atoms with Gasteiger partial charge < -0.3 is 15.0 Å². The van der Waals surface area contributed by atoms with Crippen molar-refractivity contribution in [1.82, 2.24) is 10.2 Å². The first-order chi connectivity index (χ1) is 7.37. The lowest BCUT2D eigenvalue weighted by Gasteiger charge is -2.27. The zero-order valence-electron chi connectivity index (χ0n) is 10.4. The lowest BCUT2D eigenvalue weighted by atomic mass is 10.2. The Labute approximate surface area is 96.1 Å². The van der Waals surface area contributed by atoms with Crippen molar-refractivity contribution in [1.29, 1.82) is 0 Å². The summed E-state index contributed by atoms with van der Waals surface area (Å²) >= 11 is 0. The number of likely N-dealkylation sites (tertiary alicyclic amines) is 1. The van der Waals surface area contributed by atoms with Crippen LogP contribution in [0.5, 0.6) is 0 Å². The van der Waals surface area contributed by atoms with Crippen molar-refractivity contribution >= 4 is 6.09 Å². The summed E-state index contributed by atoms with van der Waals surface area (Å²) in [4.78, 5) is 13.3. The minimum absolute atomic E-state index is 0.160. The van der Waals surface area contributed by atoms with Gasteiger partial charge in [-0.1, -0.05) is 0 Å². The Hall–Kier alpha value is -0.840. The smallest absolute Gasteiger partial charge is 0.410 e. The number of nitrogens with zero attached hydrogens (tertiary/aromatic N) is 1. The molecular weight excluding hydrogens is 211 g/mol. The SMILES string of the molecule is CNC1CC(CF)N(C(=O)OC(C)(C)C)C1. The summed E-state index contributed by atoms with van der Waals surface area (Å²) in [7, 11) is 1.82. The summed E-state index contributed by atoms with van der Waals surface area (Å²) in [5.74, 6) is 0. The van der Waals surface area contributed by atoms with Gasteiger partial charge in [-0.05, 0) is 34.2 Å². The minimum atomic E-state index is -0.532. The van der Waals surface area contributed by atoms with Crippen molar-refractivity contribution in [2.24, 2.45) is 0 Å². The van der Waals surface area contributed by atoms with Gasteiger partial charge in [-0.15, -0.1) is 0 Å². The molecule has 1 aliphatic heterocycles. The van der Waals surface area contributed by atoms with Crippen LogP contribution in [0.1, 0.15) is 27.2 Å². The van der Waals surface area contributed by atoms with E-state index in [2.05, 4.69) is 5.32 Å². The van der Waals surface area contributed by atoms with Crippen LogP contribution in [0, 0.1) is 0 Å². The Morgan fingerprint density at radius 3 is 2.62 bits per heavy atom. The fraction of sp³-hybridized carbons (Fsp3) is 0.909. The molecule has 5 heteroatoms. The molecule has 1 saturated heterocycles. The Bertz CT molecular complexity index is 253. The molecule has 1 aliphatic rings. The first-order valence-corrected chi connectivity index (χ1v) is 5.60. The Kier molecular flexibility index (Phi) is 4.13. The molecule has 0 aromatic heterocycles. The van der Waals surface area contributed by atoms with E-state index in [1.807, 2.05) is 7.05 Å².